The van der Waals surface area contributed by atoms with Crippen molar-refractivity contribution in [1.82, 2.24) is 4.90 Å². The lowest BCUT2D eigenvalue weighted by molar-refractivity contribution is -0.139. The molecule has 0 saturated heterocycles. The summed E-state index contributed by atoms with van der Waals surface area (Å²) in [6.07, 6.45) is -6.37. The summed E-state index contributed by atoms with van der Waals surface area (Å²) >= 11 is 0. The second kappa shape index (κ2) is 7.54. The first-order valence-electron chi connectivity index (χ1n) is 5.03. The monoisotopic (exact) mass is 254 g/mol. The molecule has 0 aliphatic rings. The van der Waals surface area contributed by atoms with Gasteiger partial charge in [0.05, 0.1) is 19.3 Å². The van der Waals surface area contributed by atoms with Crippen molar-refractivity contribution in [2.45, 2.75) is 24.4 Å². The van der Waals surface area contributed by atoms with Gasteiger partial charge in [-0.15, -0.1) is 0 Å². The van der Waals surface area contributed by atoms with Crippen molar-refractivity contribution >= 4 is 5.97 Å². The highest BCUT2D eigenvalue weighted by Gasteiger charge is 2.30. The molecule has 0 radical (unpaired) electrons. The van der Waals surface area contributed by atoms with Crippen molar-refractivity contribution < 1.29 is 35.4 Å². The van der Waals surface area contributed by atoms with Crippen LogP contribution in [0.2, 0.25) is 0 Å². The molecule has 17 heavy (non-hydrogen) atoms. The Morgan fingerprint density at radius 2 is 1.59 bits per heavy atom. The third kappa shape index (κ3) is 5.91. The van der Waals surface area contributed by atoms with Gasteiger partial charge in [0.1, 0.15) is 18.3 Å². The fraction of sp³-hybridized carbons (Fsp3) is 0.889. The number of hydrogen-bond acceptors (Lipinski definition) is 7. The molecule has 0 aromatic rings. The van der Waals surface area contributed by atoms with Crippen LogP contribution in [0.1, 0.15) is 0 Å². The van der Waals surface area contributed by atoms with Gasteiger partial charge in [0, 0.05) is 6.54 Å². The van der Waals surface area contributed by atoms with E-state index in [0.717, 1.165) is 0 Å². The van der Waals surface area contributed by atoms with E-state index >= 15 is 0 Å². The van der Waals surface area contributed by atoms with E-state index in [2.05, 4.69) is 0 Å². The van der Waals surface area contributed by atoms with Crippen LogP contribution < -0.4 is 0 Å². The first kappa shape index (κ1) is 16.2. The van der Waals surface area contributed by atoms with Crippen LogP contribution >= 0.6 is 0 Å². The minimum absolute atomic E-state index is 0.192. The molecule has 102 valence electrons. The number of carbonyl (C=O) groups is 1. The maximum Gasteiger partial charge on any atom is 0.317 e. The third-order valence-electron chi connectivity index (χ3n) is 2.23. The minimum Gasteiger partial charge on any atom is -0.480 e. The van der Waals surface area contributed by atoms with E-state index in [1.54, 1.807) is 0 Å². The van der Waals surface area contributed by atoms with Crippen LogP contribution in [0.15, 0.2) is 0 Å². The number of aliphatic carboxylic acids is 1. The smallest absolute Gasteiger partial charge is 0.317 e. The van der Waals surface area contributed by atoms with Gasteiger partial charge in [0.2, 0.25) is 0 Å². The van der Waals surface area contributed by atoms with Gasteiger partial charge in [-0.3, -0.25) is 9.69 Å². The number of aliphatic hydroxyl groups excluding tert-OH is 5. The molecule has 0 aliphatic carbocycles. The van der Waals surface area contributed by atoms with E-state index in [1.165, 1.54) is 11.9 Å². The molecular weight excluding hydrogens is 235 g/mol. The number of rotatable bonds is 8. The highest BCUT2D eigenvalue weighted by molar-refractivity contribution is 5.68. The SMILES string of the molecule is CN(CC(=O)O)[13CH2][C@H](O)[C@@H](O)[C@H](O)[C@H](O)CO. The van der Waals surface area contributed by atoms with Crippen LogP contribution in [0, 0.1) is 0 Å². The topological polar surface area (TPSA) is 142 Å². The van der Waals surface area contributed by atoms with Gasteiger partial charge in [-0.2, -0.15) is 0 Å². The van der Waals surface area contributed by atoms with Gasteiger partial charge in [-0.1, -0.05) is 0 Å². The number of carboxylic acid groups (broad SMARTS) is 1. The van der Waals surface area contributed by atoms with Crippen molar-refractivity contribution in [3.05, 3.63) is 0 Å². The minimum atomic E-state index is -1.70. The average molecular weight is 254 g/mol. The number of hydrogen-bond donors (Lipinski definition) is 6. The summed E-state index contributed by atoms with van der Waals surface area (Å²) in [4.78, 5) is 11.6. The summed E-state index contributed by atoms with van der Waals surface area (Å²) in [7, 11) is 1.42. The van der Waals surface area contributed by atoms with Gasteiger partial charge in [0.25, 0.3) is 0 Å². The first-order valence-corrected chi connectivity index (χ1v) is 5.03. The quantitative estimate of drug-likeness (QED) is 0.244. The maximum atomic E-state index is 10.3. The van der Waals surface area contributed by atoms with Gasteiger partial charge >= 0.3 is 5.97 Å². The van der Waals surface area contributed by atoms with E-state index in [1.807, 2.05) is 0 Å². The van der Waals surface area contributed by atoms with Gasteiger partial charge in [-0.25, -0.2) is 0 Å². The molecule has 0 rings (SSSR count). The highest BCUT2D eigenvalue weighted by atomic mass is 16.4. The summed E-state index contributed by atoms with van der Waals surface area (Å²) in [5.41, 5.74) is 0. The van der Waals surface area contributed by atoms with E-state index < -0.39 is 37.0 Å². The Balaban J connectivity index is 4.20. The van der Waals surface area contributed by atoms with Crippen molar-refractivity contribution in [3.8, 4) is 0 Å². The van der Waals surface area contributed by atoms with Gasteiger partial charge in [0.15, 0.2) is 0 Å². The standard InChI is InChI=1S/C9H19NO7/c1-10(3-7(14)15)2-5(12)8(16)9(17)6(13)4-11/h5-6,8-9,11-13,16-17H,2-4H2,1H3,(H,14,15)/t5-,6+,8+,9+/m0/s1/i2+1. The van der Waals surface area contributed by atoms with E-state index in [4.69, 9.17) is 15.3 Å². The van der Waals surface area contributed by atoms with Gasteiger partial charge in [-0.05, 0) is 7.05 Å². The summed E-state index contributed by atoms with van der Waals surface area (Å²) in [6, 6.07) is 0. The lowest BCUT2D eigenvalue weighted by Gasteiger charge is -2.27. The predicted octanol–water partition coefficient (Wildman–Crippen LogP) is -3.56. The molecule has 0 fully saturated rings. The Bertz CT molecular complexity index is 237. The van der Waals surface area contributed by atoms with Crippen LogP contribution in [0.3, 0.4) is 0 Å². The zero-order valence-corrected chi connectivity index (χ0v) is 9.47. The lowest BCUT2D eigenvalue weighted by Crippen LogP contribution is -2.49. The second-order valence-electron chi connectivity index (χ2n) is 3.89. The molecule has 0 aliphatic heterocycles. The van der Waals surface area contributed by atoms with Crippen LogP contribution in [-0.2, 0) is 4.79 Å². The average Bonchev–Trinajstić information content (AvgIpc) is 2.24. The number of carboxylic acids is 1. The van der Waals surface area contributed by atoms with E-state index in [-0.39, 0.29) is 13.1 Å². The van der Waals surface area contributed by atoms with Crippen molar-refractivity contribution in [2.24, 2.45) is 0 Å². The maximum absolute atomic E-state index is 10.3. The summed E-state index contributed by atoms with van der Waals surface area (Å²) in [5.74, 6) is -1.09. The molecular formula is C9H19NO7. The number of likely N-dealkylation sites (N-methyl/N-ethyl adjacent to an activating group) is 1. The number of nitrogens with zero attached hydrogens (tertiary/aromatic N) is 1. The van der Waals surface area contributed by atoms with Crippen LogP contribution in [0.4, 0.5) is 0 Å². The number of aliphatic hydroxyl groups is 5. The van der Waals surface area contributed by atoms with Crippen LogP contribution in [0.25, 0.3) is 0 Å². The molecule has 0 bridgehead atoms. The first-order chi connectivity index (χ1) is 7.79. The Morgan fingerprint density at radius 1 is 1.12 bits per heavy atom. The summed E-state index contributed by atoms with van der Waals surface area (Å²) < 4.78 is 0. The summed E-state index contributed by atoms with van der Waals surface area (Å²) in [5, 5.41) is 54.3. The molecule has 0 amide bonds. The molecule has 6 N–H and O–H groups in total. The molecule has 0 spiro atoms. The Morgan fingerprint density at radius 3 is 2.00 bits per heavy atom. The molecule has 0 aromatic heterocycles. The molecule has 0 aromatic carbocycles. The highest BCUT2D eigenvalue weighted by Crippen LogP contribution is 2.06. The molecule has 0 heterocycles. The predicted molar refractivity (Wildman–Crippen MR) is 56.2 cm³/mol. The molecule has 8 nitrogen and oxygen atoms in total. The van der Waals surface area contributed by atoms with Gasteiger partial charge < -0.3 is 30.6 Å². The zero-order chi connectivity index (χ0) is 13.6. The van der Waals surface area contributed by atoms with Crippen LogP contribution in [-0.4, -0.2) is 92.7 Å². The lowest BCUT2D eigenvalue weighted by atomic mass is 10.1. The molecule has 8 heteroatoms. The van der Waals surface area contributed by atoms with E-state index in [0.29, 0.717) is 0 Å². The van der Waals surface area contributed by atoms with Crippen molar-refractivity contribution in [2.75, 3.05) is 26.7 Å². The van der Waals surface area contributed by atoms with E-state index in [9.17, 15) is 20.1 Å². The largest absolute Gasteiger partial charge is 0.480 e. The fourth-order valence-corrected chi connectivity index (χ4v) is 1.29. The molecule has 4 atom stereocenters. The fourth-order valence-electron chi connectivity index (χ4n) is 1.29. The van der Waals surface area contributed by atoms with Crippen molar-refractivity contribution in [1.29, 1.82) is 0 Å². The van der Waals surface area contributed by atoms with Crippen LogP contribution in [0.5, 0.6) is 0 Å². The zero-order valence-electron chi connectivity index (χ0n) is 9.47. The van der Waals surface area contributed by atoms with Crippen molar-refractivity contribution in [3.63, 3.8) is 0 Å². The second-order valence-corrected chi connectivity index (χ2v) is 3.89. The Hall–Kier alpha value is -0.770. The normalized spacial score (nSPS) is 18.8. The molecule has 0 saturated carbocycles. The Kier molecular flexibility index (Phi) is 7.19. The Labute approximate surface area is 98.3 Å². The summed E-state index contributed by atoms with van der Waals surface area (Å²) in [6.45, 7) is -1.28. The molecule has 0 unspecified atom stereocenters. The third-order valence-corrected chi connectivity index (χ3v) is 2.23.